The first-order chi connectivity index (χ1) is 9.51. The predicted molar refractivity (Wildman–Crippen MR) is 72.0 cm³/mol. The molecule has 20 heavy (non-hydrogen) atoms. The predicted octanol–water partition coefficient (Wildman–Crippen LogP) is -0.294. The number of carbonyl (C=O) groups excluding carboxylic acids is 2. The first kappa shape index (κ1) is 16.0. The Labute approximate surface area is 117 Å². The van der Waals surface area contributed by atoms with E-state index in [1.165, 1.54) is 0 Å². The molecule has 0 bridgehead atoms. The molecule has 8 heteroatoms. The molecule has 1 aromatic heterocycles. The van der Waals surface area contributed by atoms with Gasteiger partial charge in [-0.15, -0.1) is 0 Å². The van der Waals surface area contributed by atoms with Crippen molar-refractivity contribution < 1.29 is 19.1 Å². The summed E-state index contributed by atoms with van der Waals surface area (Å²) in [6, 6.07) is 0. The van der Waals surface area contributed by atoms with Crippen LogP contribution >= 0.6 is 0 Å². The maximum absolute atomic E-state index is 11.7. The first-order valence-electron chi connectivity index (χ1n) is 6.39. The number of aromatic nitrogens is 2. The quantitative estimate of drug-likeness (QED) is 0.499. The normalized spacial score (nSPS) is 10.5. The number of aryl methyl sites for hydroxylation is 1. The van der Waals surface area contributed by atoms with E-state index in [9.17, 15) is 9.59 Å². The molecule has 0 radical (unpaired) electrons. The summed E-state index contributed by atoms with van der Waals surface area (Å²) in [4.78, 5) is 26.4. The Morgan fingerprint density at radius 1 is 1.35 bits per heavy atom. The van der Waals surface area contributed by atoms with Crippen LogP contribution in [0.25, 0.3) is 0 Å². The Morgan fingerprint density at radius 3 is 2.60 bits per heavy atom. The zero-order valence-corrected chi connectivity index (χ0v) is 11.7. The minimum Gasteiger partial charge on any atom is -0.461 e. The molecule has 0 atom stereocenters. The van der Waals surface area contributed by atoms with E-state index in [4.69, 9.17) is 20.9 Å². The van der Waals surface area contributed by atoms with Gasteiger partial charge in [0.25, 0.3) is 0 Å². The lowest BCUT2D eigenvalue weighted by molar-refractivity contribution is -0.122. The molecule has 0 saturated heterocycles. The molecular weight excluding hydrogens is 264 g/mol. The molecule has 1 heterocycles. The van der Waals surface area contributed by atoms with Crippen LogP contribution in [0.15, 0.2) is 0 Å². The fourth-order valence-electron chi connectivity index (χ4n) is 1.71. The van der Waals surface area contributed by atoms with Crippen LogP contribution in [-0.2, 0) is 27.2 Å². The number of hydrogen-bond acceptors (Lipinski definition) is 6. The van der Waals surface area contributed by atoms with Gasteiger partial charge in [-0.1, -0.05) is 6.92 Å². The Hall–Kier alpha value is -2.09. The van der Waals surface area contributed by atoms with Gasteiger partial charge in [-0.25, -0.2) is 9.78 Å². The van der Waals surface area contributed by atoms with Crippen molar-refractivity contribution in [3.8, 4) is 0 Å². The number of amides is 1. The minimum atomic E-state index is -0.545. The molecule has 0 aliphatic heterocycles. The van der Waals surface area contributed by atoms with E-state index in [0.29, 0.717) is 18.8 Å². The molecular formula is C12H20N4O4. The van der Waals surface area contributed by atoms with E-state index in [1.807, 2.05) is 6.92 Å². The van der Waals surface area contributed by atoms with Crippen LogP contribution in [0, 0.1) is 0 Å². The number of nitrogen functional groups attached to an aromatic ring is 1. The first-order valence-corrected chi connectivity index (χ1v) is 6.39. The lowest BCUT2D eigenvalue weighted by atomic mass is 10.4. The van der Waals surface area contributed by atoms with Crippen molar-refractivity contribution in [1.29, 1.82) is 0 Å². The van der Waals surface area contributed by atoms with E-state index < -0.39 is 11.9 Å². The van der Waals surface area contributed by atoms with Gasteiger partial charge in [0.2, 0.25) is 5.91 Å². The summed E-state index contributed by atoms with van der Waals surface area (Å²) in [6.45, 7) is 4.35. The highest BCUT2D eigenvalue weighted by Crippen LogP contribution is 2.16. The largest absolute Gasteiger partial charge is 0.461 e. The number of anilines is 1. The van der Waals surface area contributed by atoms with E-state index >= 15 is 0 Å². The van der Waals surface area contributed by atoms with Gasteiger partial charge >= 0.3 is 5.97 Å². The van der Waals surface area contributed by atoms with Crippen LogP contribution in [-0.4, -0.2) is 41.2 Å². The van der Waals surface area contributed by atoms with Crippen molar-refractivity contribution in [1.82, 2.24) is 9.55 Å². The number of primary amides is 1. The highest BCUT2D eigenvalue weighted by molar-refractivity contribution is 5.92. The van der Waals surface area contributed by atoms with Gasteiger partial charge in [-0.3, -0.25) is 4.79 Å². The summed E-state index contributed by atoms with van der Waals surface area (Å²) in [7, 11) is 0. The average Bonchev–Trinajstić information content (AvgIpc) is 2.71. The zero-order valence-electron chi connectivity index (χ0n) is 11.7. The Kier molecular flexibility index (Phi) is 5.98. The third kappa shape index (κ3) is 3.95. The summed E-state index contributed by atoms with van der Waals surface area (Å²) < 4.78 is 11.6. The van der Waals surface area contributed by atoms with Gasteiger partial charge in [0, 0.05) is 13.0 Å². The fourth-order valence-corrected chi connectivity index (χ4v) is 1.71. The van der Waals surface area contributed by atoms with Crippen molar-refractivity contribution in [2.75, 3.05) is 25.6 Å². The molecule has 112 valence electrons. The van der Waals surface area contributed by atoms with Crippen molar-refractivity contribution in [2.45, 2.75) is 26.8 Å². The number of hydrogen-bond donors (Lipinski definition) is 2. The summed E-state index contributed by atoms with van der Waals surface area (Å²) in [5, 5.41) is 0. The number of nitrogens with two attached hydrogens (primary N) is 2. The lowest BCUT2D eigenvalue weighted by Gasteiger charge is -2.08. The van der Waals surface area contributed by atoms with Crippen LogP contribution in [0.5, 0.6) is 0 Å². The molecule has 0 aliphatic carbocycles. The highest BCUT2D eigenvalue weighted by Gasteiger charge is 2.20. The molecule has 0 saturated carbocycles. The zero-order chi connectivity index (χ0) is 15.1. The van der Waals surface area contributed by atoms with Crippen molar-refractivity contribution >= 4 is 17.7 Å². The van der Waals surface area contributed by atoms with Gasteiger partial charge < -0.3 is 25.5 Å². The second kappa shape index (κ2) is 7.49. The van der Waals surface area contributed by atoms with Crippen molar-refractivity contribution in [3.05, 3.63) is 11.5 Å². The third-order valence-corrected chi connectivity index (χ3v) is 2.57. The Balaban J connectivity index is 2.78. The van der Waals surface area contributed by atoms with Crippen LogP contribution in [0.1, 0.15) is 30.2 Å². The second-order valence-electron chi connectivity index (χ2n) is 4.01. The SMILES string of the molecule is CCOC(=O)c1nc(CC)n(CCOCC(N)=O)c1N. The standard InChI is InChI=1S/C12H20N4O4/c1-3-9-15-10(12(18)20-4-2)11(14)16(9)5-6-19-7-8(13)17/h3-7,14H2,1-2H3,(H2,13,17). The lowest BCUT2D eigenvalue weighted by Crippen LogP contribution is -2.20. The Bertz CT molecular complexity index is 484. The van der Waals surface area contributed by atoms with Gasteiger partial charge in [0.05, 0.1) is 13.2 Å². The maximum Gasteiger partial charge on any atom is 0.360 e. The summed E-state index contributed by atoms with van der Waals surface area (Å²) in [5.41, 5.74) is 11.0. The van der Waals surface area contributed by atoms with Crippen LogP contribution in [0.3, 0.4) is 0 Å². The van der Waals surface area contributed by atoms with Crippen LogP contribution < -0.4 is 11.5 Å². The Morgan fingerprint density at radius 2 is 2.05 bits per heavy atom. The molecule has 0 fully saturated rings. The smallest absolute Gasteiger partial charge is 0.360 e. The summed E-state index contributed by atoms with van der Waals surface area (Å²) in [5.74, 6) is -0.181. The third-order valence-electron chi connectivity index (χ3n) is 2.57. The van der Waals surface area contributed by atoms with Gasteiger partial charge in [0.15, 0.2) is 5.69 Å². The molecule has 4 N–H and O–H groups in total. The van der Waals surface area contributed by atoms with E-state index in [1.54, 1.807) is 11.5 Å². The van der Waals surface area contributed by atoms with Crippen molar-refractivity contribution in [3.63, 3.8) is 0 Å². The van der Waals surface area contributed by atoms with Gasteiger partial charge in [-0.05, 0) is 6.92 Å². The molecule has 0 aliphatic rings. The number of rotatable bonds is 8. The number of carbonyl (C=O) groups is 2. The second-order valence-corrected chi connectivity index (χ2v) is 4.01. The summed E-state index contributed by atoms with van der Waals surface area (Å²) >= 11 is 0. The molecule has 0 unspecified atom stereocenters. The molecule has 1 aromatic rings. The number of nitrogens with zero attached hydrogens (tertiary/aromatic N) is 2. The van der Waals surface area contributed by atoms with Crippen molar-refractivity contribution in [2.24, 2.45) is 5.73 Å². The van der Waals surface area contributed by atoms with Gasteiger partial charge in [0.1, 0.15) is 18.2 Å². The van der Waals surface area contributed by atoms with E-state index in [-0.39, 0.29) is 31.3 Å². The highest BCUT2D eigenvalue weighted by atomic mass is 16.5. The maximum atomic E-state index is 11.7. The summed E-state index contributed by atoms with van der Waals surface area (Å²) in [6.07, 6.45) is 0.611. The molecule has 1 rings (SSSR count). The van der Waals surface area contributed by atoms with Gasteiger partial charge in [-0.2, -0.15) is 0 Å². The topological polar surface area (TPSA) is 122 Å². The van der Waals surface area contributed by atoms with E-state index in [0.717, 1.165) is 0 Å². The number of esters is 1. The monoisotopic (exact) mass is 284 g/mol. The fraction of sp³-hybridized carbons (Fsp3) is 0.583. The van der Waals surface area contributed by atoms with E-state index in [2.05, 4.69) is 4.98 Å². The molecule has 0 spiro atoms. The number of imidazole rings is 1. The van der Waals surface area contributed by atoms with Crippen LogP contribution in [0.2, 0.25) is 0 Å². The number of ether oxygens (including phenoxy) is 2. The van der Waals surface area contributed by atoms with Crippen LogP contribution in [0.4, 0.5) is 5.82 Å². The molecule has 8 nitrogen and oxygen atoms in total. The minimum absolute atomic E-state index is 0.110. The average molecular weight is 284 g/mol. The molecule has 0 aromatic carbocycles. The molecule has 1 amide bonds.